The van der Waals surface area contributed by atoms with Crippen molar-refractivity contribution in [3.05, 3.63) is 33.4 Å². The highest BCUT2D eigenvalue weighted by atomic mass is 127. The molecular formula is C15H17IN2O4. The highest BCUT2D eigenvalue weighted by molar-refractivity contribution is 14.1. The molecule has 1 fully saturated rings. The first-order chi connectivity index (χ1) is 10.5. The second-order valence-electron chi connectivity index (χ2n) is 5.04. The number of rotatable bonds is 5. The predicted molar refractivity (Wildman–Crippen MR) is 88.0 cm³/mol. The molecule has 2 N–H and O–H groups in total. The molecule has 2 atom stereocenters. The molecule has 1 aliphatic rings. The van der Waals surface area contributed by atoms with Crippen LogP contribution >= 0.6 is 22.6 Å². The molecular weight excluding hydrogens is 399 g/mol. The van der Waals surface area contributed by atoms with Crippen molar-refractivity contribution < 1.29 is 19.1 Å². The molecule has 2 rings (SSSR count). The zero-order valence-corrected chi connectivity index (χ0v) is 14.3. The van der Waals surface area contributed by atoms with Crippen LogP contribution in [-0.2, 0) is 25.5 Å². The van der Waals surface area contributed by atoms with Gasteiger partial charge in [0.2, 0.25) is 11.8 Å². The Morgan fingerprint density at radius 2 is 2.18 bits per heavy atom. The third-order valence-corrected chi connectivity index (χ3v) is 4.55. The number of benzene rings is 1. The van der Waals surface area contributed by atoms with Gasteiger partial charge in [0, 0.05) is 16.4 Å². The molecule has 0 unspecified atom stereocenters. The maximum Gasteiger partial charge on any atom is 0.328 e. The van der Waals surface area contributed by atoms with E-state index >= 15 is 0 Å². The molecule has 0 spiro atoms. The normalized spacial score (nSPS) is 18.5. The first-order valence-corrected chi connectivity index (χ1v) is 8.00. The van der Waals surface area contributed by atoms with Crippen LogP contribution in [0.4, 0.5) is 0 Å². The molecule has 1 aromatic carbocycles. The summed E-state index contributed by atoms with van der Waals surface area (Å²) >= 11 is 2.18. The van der Waals surface area contributed by atoms with Crippen molar-refractivity contribution in [1.82, 2.24) is 10.6 Å². The van der Waals surface area contributed by atoms with E-state index in [1.807, 2.05) is 24.3 Å². The number of amides is 2. The quantitative estimate of drug-likeness (QED) is 0.549. The summed E-state index contributed by atoms with van der Waals surface area (Å²) in [5, 5.41) is 5.26. The lowest BCUT2D eigenvalue weighted by Crippen LogP contribution is -2.50. The van der Waals surface area contributed by atoms with Gasteiger partial charge in [-0.15, -0.1) is 0 Å². The molecule has 0 radical (unpaired) electrons. The fourth-order valence-corrected chi connectivity index (χ4v) is 2.91. The van der Waals surface area contributed by atoms with Crippen molar-refractivity contribution in [2.24, 2.45) is 0 Å². The molecule has 1 aromatic rings. The van der Waals surface area contributed by atoms with E-state index in [1.165, 1.54) is 7.11 Å². The number of hydrogen-bond donors (Lipinski definition) is 2. The number of hydrogen-bond acceptors (Lipinski definition) is 4. The number of esters is 1. The summed E-state index contributed by atoms with van der Waals surface area (Å²) in [6.45, 7) is 0. The van der Waals surface area contributed by atoms with Gasteiger partial charge in [0.1, 0.15) is 12.1 Å². The molecule has 7 heteroatoms. The molecule has 6 nitrogen and oxygen atoms in total. The Balaban J connectivity index is 2.06. The van der Waals surface area contributed by atoms with Crippen molar-refractivity contribution in [2.45, 2.75) is 31.3 Å². The first-order valence-electron chi connectivity index (χ1n) is 6.92. The number of halogens is 1. The third-order valence-electron chi connectivity index (χ3n) is 3.50. The van der Waals surface area contributed by atoms with Crippen LogP contribution < -0.4 is 10.6 Å². The highest BCUT2D eigenvalue weighted by Gasteiger charge is 2.31. The number of carbonyl (C=O) groups excluding carboxylic acids is 3. The topological polar surface area (TPSA) is 84.5 Å². The van der Waals surface area contributed by atoms with E-state index < -0.39 is 18.1 Å². The van der Waals surface area contributed by atoms with Gasteiger partial charge in [-0.05, 0) is 40.6 Å². The van der Waals surface area contributed by atoms with Crippen molar-refractivity contribution >= 4 is 40.4 Å². The van der Waals surface area contributed by atoms with Crippen LogP contribution in [0.15, 0.2) is 24.3 Å². The van der Waals surface area contributed by atoms with Gasteiger partial charge in [-0.25, -0.2) is 4.79 Å². The minimum Gasteiger partial charge on any atom is -0.467 e. The average Bonchev–Trinajstić information content (AvgIpc) is 2.94. The largest absolute Gasteiger partial charge is 0.467 e. The highest BCUT2D eigenvalue weighted by Crippen LogP contribution is 2.14. The van der Waals surface area contributed by atoms with E-state index in [-0.39, 0.29) is 11.8 Å². The molecule has 1 aliphatic heterocycles. The van der Waals surface area contributed by atoms with Crippen LogP contribution in [0.25, 0.3) is 0 Å². The molecule has 0 bridgehead atoms. The monoisotopic (exact) mass is 416 g/mol. The van der Waals surface area contributed by atoms with E-state index in [0.29, 0.717) is 19.3 Å². The molecule has 1 heterocycles. The fourth-order valence-electron chi connectivity index (χ4n) is 2.30. The summed E-state index contributed by atoms with van der Waals surface area (Å²) in [5.41, 5.74) is 0.953. The van der Waals surface area contributed by atoms with Crippen LogP contribution in [0.2, 0.25) is 0 Å². The number of ether oxygens (including phenoxy) is 1. The van der Waals surface area contributed by atoms with Crippen LogP contribution in [0.5, 0.6) is 0 Å². The second-order valence-corrected chi connectivity index (χ2v) is 6.20. The van der Waals surface area contributed by atoms with Crippen molar-refractivity contribution in [3.63, 3.8) is 0 Å². The smallest absolute Gasteiger partial charge is 0.328 e. The Morgan fingerprint density at radius 1 is 1.45 bits per heavy atom. The zero-order valence-electron chi connectivity index (χ0n) is 12.1. The Kier molecular flexibility index (Phi) is 5.76. The lowest BCUT2D eigenvalue weighted by molar-refractivity contribution is -0.145. The Hall–Kier alpha value is -1.64. The molecule has 1 saturated heterocycles. The third kappa shape index (κ3) is 4.19. The van der Waals surface area contributed by atoms with Gasteiger partial charge in [0.05, 0.1) is 7.11 Å². The van der Waals surface area contributed by atoms with E-state index in [1.54, 1.807) is 0 Å². The minimum absolute atomic E-state index is 0.146. The first kappa shape index (κ1) is 16.7. The maximum absolute atomic E-state index is 12.2. The van der Waals surface area contributed by atoms with E-state index in [2.05, 4.69) is 33.2 Å². The Bertz CT molecular complexity index is 591. The number of carbonyl (C=O) groups is 3. The van der Waals surface area contributed by atoms with Crippen LogP contribution in [0.1, 0.15) is 18.4 Å². The van der Waals surface area contributed by atoms with E-state index in [4.69, 9.17) is 4.74 Å². The summed E-state index contributed by atoms with van der Waals surface area (Å²) in [5.74, 6) is -1.00. The van der Waals surface area contributed by atoms with Crippen LogP contribution in [-0.4, -0.2) is 37.0 Å². The standard InChI is InChI=1S/C15H17IN2O4/c1-22-15(21)12(8-9-4-2-3-5-10(9)16)18-14(20)11-6-7-13(19)17-11/h2-5,11-12H,6-8H2,1H3,(H,17,19)(H,18,20)/t11-,12-/m1/s1. The lowest BCUT2D eigenvalue weighted by atomic mass is 10.1. The number of nitrogens with one attached hydrogen (secondary N) is 2. The van der Waals surface area contributed by atoms with Crippen LogP contribution in [0.3, 0.4) is 0 Å². The van der Waals surface area contributed by atoms with Crippen molar-refractivity contribution in [1.29, 1.82) is 0 Å². The molecule has 118 valence electrons. The Labute approximate surface area is 142 Å². The van der Waals surface area contributed by atoms with Gasteiger partial charge in [-0.1, -0.05) is 18.2 Å². The van der Waals surface area contributed by atoms with Gasteiger partial charge >= 0.3 is 5.97 Å². The molecule has 0 aliphatic carbocycles. The van der Waals surface area contributed by atoms with Gasteiger partial charge in [0.15, 0.2) is 0 Å². The molecule has 0 aromatic heterocycles. The van der Waals surface area contributed by atoms with E-state index in [0.717, 1.165) is 9.13 Å². The summed E-state index contributed by atoms with van der Waals surface area (Å²) in [6, 6.07) is 6.28. The van der Waals surface area contributed by atoms with Gasteiger partial charge in [0.25, 0.3) is 0 Å². The summed E-state index contributed by atoms with van der Waals surface area (Å²) in [7, 11) is 1.29. The number of methoxy groups -OCH3 is 1. The molecule has 0 saturated carbocycles. The fraction of sp³-hybridized carbons (Fsp3) is 0.400. The summed E-state index contributed by atoms with van der Waals surface area (Å²) in [6.07, 6.45) is 1.12. The Morgan fingerprint density at radius 3 is 2.77 bits per heavy atom. The van der Waals surface area contributed by atoms with Gasteiger partial charge in [-0.2, -0.15) is 0 Å². The summed E-state index contributed by atoms with van der Waals surface area (Å²) < 4.78 is 5.78. The van der Waals surface area contributed by atoms with E-state index in [9.17, 15) is 14.4 Å². The predicted octanol–water partition coefficient (Wildman–Crippen LogP) is 0.770. The summed E-state index contributed by atoms with van der Waals surface area (Å²) in [4.78, 5) is 35.3. The van der Waals surface area contributed by atoms with Crippen LogP contribution in [0, 0.1) is 3.57 Å². The van der Waals surface area contributed by atoms with Crippen molar-refractivity contribution in [3.8, 4) is 0 Å². The van der Waals surface area contributed by atoms with Gasteiger partial charge in [-0.3, -0.25) is 9.59 Å². The minimum atomic E-state index is -0.772. The maximum atomic E-state index is 12.2. The molecule has 2 amide bonds. The van der Waals surface area contributed by atoms with Crippen molar-refractivity contribution in [2.75, 3.05) is 7.11 Å². The second kappa shape index (κ2) is 7.57. The average molecular weight is 416 g/mol. The molecule has 22 heavy (non-hydrogen) atoms. The zero-order chi connectivity index (χ0) is 16.1. The SMILES string of the molecule is COC(=O)[C@@H](Cc1ccccc1I)NC(=O)[C@H]1CCC(=O)N1. The van der Waals surface area contributed by atoms with Gasteiger partial charge < -0.3 is 15.4 Å². The lowest BCUT2D eigenvalue weighted by Gasteiger charge is -2.19.